The van der Waals surface area contributed by atoms with Crippen molar-refractivity contribution in [2.24, 2.45) is 5.92 Å². The van der Waals surface area contributed by atoms with E-state index in [9.17, 15) is 0 Å². The summed E-state index contributed by atoms with van der Waals surface area (Å²) in [7, 11) is 0. The van der Waals surface area contributed by atoms with Crippen molar-refractivity contribution in [3.05, 3.63) is 192 Å². The zero-order chi connectivity index (χ0) is 41.1. The largest absolute Gasteiger partial charge is 0.488 e. The molecule has 2 aliphatic heterocycles. The minimum Gasteiger partial charge on any atom is -0.488 e. The first-order chi connectivity index (χ1) is 30.5. The molecule has 4 heterocycles. The molecule has 1 aliphatic carbocycles. The number of nitrogens with one attached hydrogen (secondary N) is 1. The average Bonchev–Trinajstić information content (AvgIpc) is 3.33. The molecule has 13 rings (SSSR count). The molecule has 0 spiro atoms. The normalized spacial score (nSPS) is 16.4. The summed E-state index contributed by atoms with van der Waals surface area (Å²) in [4.78, 5) is 10.1. The summed E-state index contributed by atoms with van der Waals surface area (Å²) in [6.45, 7) is 5.06. The van der Waals surface area contributed by atoms with Crippen molar-refractivity contribution in [2.75, 3.05) is 5.32 Å². The highest BCUT2D eigenvalue weighted by Crippen LogP contribution is 2.46. The van der Waals surface area contributed by atoms with Crippen LogP contribution in [0.5, 0.6) is 5.75 Å². The van der Waals surface area contributed by atoms with E-state index in [0.29, 0.717) is 12.5 Å². The molecule has 0 bridgehead atoms. The van der Waals surface area contributed by atoms with Crippen molar-refractivity contribution in [2.45, 2.75) is 32.9 Å². The van der Waals surface area contributed by atoms with Crippen LogP contribution in [0, 0.1) is 5.92 Å². The molecular weight excluding hydrogens is 755 g/mol. The predicted molar refractivity (Wildman–Crippen MR) is 259 cm³/mol. The van der Waals surface area contributed by atoms with Crippen molar-refractivity contribution < 1.29 is 4.74 Å². The van der Waals surface area contributed by atoms with Crippen molar-refractivity contribution in [3.8, 4) is 39.3 Å². The van der Waals surface area contributed by atoms with Gasteiger partial charge in [0.1, 0.15) is 12.4 Å². The molecule has 294 valence electrons. The number of hydrogen-bond donors (Lipinski definition) is 1. The first kappa shape index (κ1) is 35.2. The van der Waals surface area contributed by atoms with Crippen LogP contribution in [0.15, 0.2) is 164 Å². The molecule has 0 amide bonds. The molecule has 2 aromatic heterocycles. The van der Waals surface area contributed by atoms with Gasteiger partial charge in [0.05, 0.1) is 22.6 Å². The molecule has 2 atom stereocenters. The van der Waals surface area contributed by atoms with Gasteiger partial charge in [-0.2, -0.15) is 0 Å². The van der Waals surface area contributed by atoms with E-state index >= 15 is 0 Å². The second-order valence-corrected chi connectivity index (χ2v) is 17.4. The fourth-order valence-corrected chi connectivity index (χ4v) is 10.6. The van der Waals surface area contributed by atoms with Crippen LogP contribution >= 0.6 is 0 Å². The van der Waals surface area contributed by atoms with Gasteiger partial charge in [-0.15, -0.1) is 0 Å². The van der Waals surface area contributed by atoms with Crippen LogP contribution in [0.1, 0.15) is 41.8 Å². The molecule has 3 aliphatic rings. The maximum absolute atomic E-state index is 6.38. The van der Waals surface area contributed by atoms with Crippen LogP contribution < -0.4 is 10.1 Å². The molecule has 4 nitrogen and oxygen atoms in total. The number of nitrogens with zero attached hydrogens (tertiary/aromatic N) is 2. The van der Waals surface area contributed by atoms with E-state index in [4.69, 9.17) is 14.7 Å². The highest BCUT2D eigenvalue weighted by atomic mass is 16.5. The number of benzene rings is 8. The summed E-state index contributed by atoms with van der Waals surface area (Å²) in [5.74, 6) is 1.41. The molecule has 2 unspecified atom stereocenters. The van der Waals surface area contributed by atoms with Crippen molar-refractivity contribution in [1.82, 2.24) is 9.97 Å². The third-order valence-corrected chi connectivity index (χ3v) is 13.6. The minimum atomic E-state index is 0.176. The Balaban J connectivity index is 0.909. The number of pyridine rings is 2. The number of aromatic nitrogens is 2. The Morgan fingerprint density at radius 3 is 2.11 bits per heavy atom. The number of allylic oxidation sites excluding steroid dienone is 1. The molecule has 62 heavy (non-hydrogen) atoms. The maximum atomic E-state index is 6.38. The highest BCUT2D eigenvalue weighted by Gasteiger charge is 2.26. The van der Waals surface area contributed by atoms with Crippen LogP contribution in [-0.4, -0.2) is 16.0 Å². The Bertz CT molecular complexity index is 3600. The predicted octanol–water partition coefficient (Wildman–Crippen LogP) is 14.6. The first-order valence-electron chi connectivity index (χ1n) is 21.8. The molecule has 4 heteroatoms. The monoisotopic (exact) mass is 795 g/mol. The van der Waals surface area contributed by atoms with Crippen molar-refractivity contribution in [1.29, 1.82) is 0 Å². The van der Waals surface area contributed by atoms with Crippen LogP contribution in [0.3, 0.4) is 0 Å². The zero-order valence-corrected chi connectivity index (χ0v) is 34.5. The smallest absolute Gasteiger partial charge is 0.127 e. The van der Waals surface area contributed by atoms with Gasteiger partial charge in [-0.25, -0.2) is 4.98 Å². The lowest BCUT2D eigenvalue weighted by Gasteiger charge is -2.26. The van der Waals surface area contributed by atoms with E-state index in [1.54, 1.807) is 0 Å². The Labute approximate surface area is 359 Å². The molecule has 8 aromatic carbocycles. The summed E-state index contributed by atoms with van der Waals surface area (Å²) in [5.41, 5.74) is 16.4. The van der Waals surface area contributed by atoms with Gasteiger partial charge in [-0.3, -0.25) is 4.98 Å². The van der Waals surface area contributed by atoms with Crippen LogP contribution in [0.2, 0.25) is 0 Å². The molecule has 0 saturated carbocycles. The molecule has 1 N–H and O–H groups in total. The SMILES string of the molecule is CC1C=Cc2nc(-c3ccc(-c4ccc5c6ccc(C7=CC(C)Nc8c7ccc7cccnc87)cc6c6ccccc6c5c4)cc3)c3ccc4c(c3c2C1)COc1ccccc1-4. The fraction of sp³-hybridized carbons (Fsp3) is 0.103. The van der Waals surface area contributed by atoms with Crippen molar-refractivity contribution >= 4 is 71.3 Å². The van der Waals surface area contributed by atoms with Crippen LogP contribution in [0.25, 0.3) is 99.2 Å². The molecule has 10 aromatic rings. The van der Waals surface area contributed by atoms with Gasteiger partial charge in [0.25, 0.3) is 0 Å². The fourth-order valence-electron chi connectivity index (χ4n) is 10.6. The van der Waals surface area contributed by atoms with Gasteiger partial charge in [0.2, 0.25) is 0 Å². The number of anilines is 1. The standard InChI is InChI=1S/C58H41N3O/c1-33-13-26-53-51(28-33)55-47(25-24-44-45-11-5-6-12-54(45)62-32-52(44)55)56(61-53)37-16-14-35(15-17-37)38-19-21-42-43-22-20-39(31-50(43)41-10-4-3-9-40(41)49(42)30-38)48-29-34(2)60-58-46(48)23-18-36-8-7-27-59-57(36)58/h3-27,29-31,33-34,60H,28,32H2,1-2H3. The number of rotatable bonds is 3. The Hall–Kier alpha value is -7.56. The van der Waals surface area contributed by atoms with Crippen LogP contribution in [-0.2, 0) is 13.0 Å². The molecule has 0 radical (unpaired) electrons. The van der Waals surface area contributed by atoms with Gasteiger partial charge < -0.3 is 10.1 Å². The third kappa shape index (κ3) is 5.32. The second-order valence-electron chi connectivity index (χ2n) is 17.4. The quantitative estimate of drug-likeness (QED) is 0.181. The number of para-hydroxylation sites is 1. The molecule has 0 saturated heterocycles. The Morgan fingerprint density at radius 2 is 1.27 bits per heavy atom. The molecule has 0 fully saturated rings. The highest BCUT2D eigenvalue weighted by molar-refractivity contribution is 6.26. The second kappa shape index (κ2) is 13.5. The summed E-state index contributed by atoms with van der Waals surface area (Å²) < 4.78 is 6.38. The van der Waals surface area contributed by atoms with E-state index in [1.807, 2.05) is 12.3 Å². The Kier molecular flexibility index (Phi) is 7.65. The maximum Gasteiger partial charge on any atom is 0.127 e. The number of fused-ring (bicyclic) bond motifs is 16. The van der Waals surface area contributed by atoms with E-state index in [2.05, 4.69) is 177 Å². The molecular formula is C58H41N3O. The van der Waals surface area contributed by atoms with Gasteiger partial charge in [-0.05, 0) is 121 Å². The van der Waals surface area contributed by atoms with Gasteiger partial charge in [0.15, 0.2) is 0 Å². The summed E-state index contributed by atoms with van der Waals surface area (Å²) in [6, 6.07) is 53.6. The average molecular weight is 796 g/mol. The van der Waals surface area contributed by atoms with E-state index in [-0.39, 0.29) is 6.04 Å². The van der Waals surface area contributed by atoms with Crippen LogP contribution in [0.4, 0.5) is 5.69 Å². The lowest BCUT2D eigenvalue weighted by molar-refractivity contribution is 0.304. The van der Waals surface area contributed by atoms with E-state index < -0.39 is 0 Å². The summed E-state index contributed by atoms with van der Waals surface area (Å²) >= 11 is 0. The zero-order valence-electron chi connectivity index (χ0n) is 34.5. The Morgan fingerprint density at radius 1 is 0.581 bits per heavy atom. The third-order valence-electron chi connectivity index (χ3n) is 13.6. The topological polar surface area (TPSA) is 47.0 Å². The lowest BCUT2D eigenvalue weighted by Crippen LogP contribution is -2.19. The first-order valence-corrected chi connectivity index (χ1v) is 21.8. The number of hydrogen-bond acceptors (Lipinski definition) is 4. The van der Waals surface area contributed by atoms with Crippen molar-refractivity contribution in [3.63, 3.8) is 0 Å². The lowest BCUT2D eigenvalue weighted by atomic mass is 9.84. The summed E-state index contributed by atoms with van der Waals surface area (Å²) in [6.07, 6.45) is 9.73. The summed E-state index contributed by atoms with van der Waals surface area (Å²) in [5, 5.41) is 14.9. The van der Waals surface area contributed by atoms with E-state index in [0.717, 1.165) is 51.3 Å². The van der Waals surface area contributed by atoms with Gasteiger partial charge in [-0.1, -0.05) is 140 Å². The minimum absolute atomic E-state index is 0.176. The number of ether oxygens (including phenoxy) is 1. The van der Waals surface area contributed by atoms with Gasteiger partial charge >= 0.3 is 0 Å². The van der Waals surface area contributed by atoms with Gasteiger partial charge in [0, 0.05) is 45.3 Å². The van der Waals surface area contributed by atoms with E-state index in [1.165, 1.54) is 87.6 Å².